The number of rotatable bonds is 15. The Bertz CT molecular complexity index is 776. The summed E-state index contributed by atoms with van der Waals surface area (Å²) in [7, 11) is -1.72. The first-order chi connectivity index (χ1) is 16.2. The molecule has 1 saturated heterocycles. The van der Waals surface area contributed by atoms with Crippen molar-refractivity contribution in [3.05, 3.63) is 23.3 Å². The molecule has 1 unspecified atom stereocenters. The average molecular weight is 501 g/mol. The topological polar surface area (TPSA) is 72.5 Å². The van der Waals surface area contributed by atoms with Crippen LogP contribution in [0.5, 0.6) is 11.5 Å². The number of hydrogen-bond acceptors (Lipinski definition) is 7. The van der Waals surface area contributed by atoms with Gasteiger partial charge in [0.15, 0.2) is 6.29 Å². The van der Waals surface area contributed by atoms with Gasteiger partial charge < -0.3 is 28.0 Å². The van der Waals surface area contributed by atoms with E-state index in [-0.39, 0.29) is 11.6 Å². The van der Waals surface area contributed by atoms with Crippen LogP contribution in [-0.2, 0) is 29.2 Å². The summed E-state index contributed by atoms with van der Waals surface area (Å²) in [5.41, 5.74) is 1.45. The zero-order valence-electron chi connectivity index (χ0n) is 22.2. The van der Waals surface area contributed by atoms with Gasteiger partial charge in [0, 0.05) is 11.0 Å². The fraction of sp³-hybridized carbons (Fsp3) is 0.769. The van der Waals surface area contributed by atoms with E-state index in [0.717, 1.165) is 30.4 Å². The first-order valence-electron chi connectivity index (χ1n) is 12.7. The van der Waals surface area contributed by atoms with Crippen molar-refractivity contribution >= 4 is 7.60 Å². The van der Waals surface area contributed by atoms with Gasteiger partial charge >= 0.3 is 7.60 Å². The molecule has 0 radical (unpaired) electrons. The highest BCUT2D eigenvalue weighted by Gasteiger charge is 2.33. The molecule has 0 amide bonds. The van der Waals surface area contributed by atoms with Gasteiger partial charge in [0.05, 0.1) is 51.9 Å². The van der Waals surface area contributed by atoms with Gasteiger partial charge in [0.2, 0.25) is 0 Å². The van der Waals surface area contributed by atoms with Crippen LogP contribution in [0.25, 0.3) is 0 Å². The van der Waals surface area contributed by atoms with Gasteiger partial charge in [-0.1, -0.05) is 47.0 Å². The molecule has 0 N–H and O–H groups in total. The maximum Gasteiger partial charge on any atom is 0.335 e. The lowest BCUT2D eigenvalue weighted by atomic mass is 9.95. The molecule has 0 aliphatic carbocycles. The average Bonchev–Trinajstić information content (AvgIpc) is 2.80. The van der Waals surface area contributed by atoms with Gasteiger partial charge in [0.25, 0.3) is 0 Å². The standard InChI is InChI=1S/C26H45O7P/c1-8-12-13-20(9-2)16-29-23-15-22(25-30-18-26(5,6)19-31-25)24(28-7)14-21(23)17-34(27,32-10-3)33-11-4/h14-15,20,25H,8-13,16-19H2,1-7H3. The summed E-state index contributed by atoms with van der Waals surface area (Å²) < 4.78 is 48.6. The molecule has 1 atom stereocenters. The molecule has 0 saturated carbocycles. The zero-order valence-corrected chi connectivity index (χ0v) is 23.1. The molecule has 0 bridgehead atoms. The van der Waals surface area contributed by atoms with Gasteiger partial charge in [-0.3, -0.25) is 4.57 Å². The fourth-order valence-electron chi connectivity index (χ4n) is 3.94. The largest absolute Gasteiger partial charge is 0.496 e. The third kappa shape index (κ3) is 8.53. The lowest BCUT2D eigenvalue weighted by molar-refractivity contribution is -0.226. The molecule has 1 aromatic rings. The molecular weight excluding hydrogens is 455 g/mol. The van der Waals surface area contributed by atoms with Crippen LogP contribution >= 0.6 is 7.60 Å². The van der Waals surface area contributed by atoms with Crippen molar-refractivity contribution in [2.75, 3.05) is 40.1 Å². The molecule has 1 aliphatic heterocycles. The molecule has 8 heteroatoms. The third-order valence-electron chi connectivity index (χ3n) is 5.95. The molecule has 2 rings (SSSR count). The summed E-state index contributed by atoms with van der Waals surface area (Å²) in [5.74, 6) is 1.69. The Balaban J connectivity index is 2.40. The van der Waals surface area contributed by atoms with E-state index < -0.39 is 13.9 Å². The molecule has 7 nitrogen and oxygen atoms in total. The number of methoxy groups -OCH3 is 1. The van der Waals surface area contributed by atoms with Crippen LogP contribution in [0.1, 0.15) is 84.6 Å². The fourth-order valence-corrected chi connectivity index (χ4v) is 5.65. The van der Waals surface area contributed by atoms with Gasteiger partial charge in [-0.25, -0.2) is 0 Å². The number of unbranched alkanes of at least 4 members (excludes halogenated alkanes) is 1. The summed E-state index contributed by atoms with van der Waals surface area (Å²) in [4.78, 5) is 0. The first kappa shape index (κ1) is 29.1. The van der Waals surface area contributed by atoms with Crippen molar-refractivity contribution in [3.63, 3.8) is 0 Å². The van der Waals surface area contributed by atoms with Crippen molar-refractivity contribution in [1.29, 1.82) is 0 Å². The van der Waals surface area contributed by atoms with Crippen molar-refractivity contribution in [2.24, 2.45) is 11.3 Å². The van der Waals surface area contributed by atoms with E-state index in [4.69, 9.17) is 28.0 Å². The molecule has 34 heavy (non-hydrogen) atoms. The second-order valence-corrected chi connectivity index (χ2v) is 11.7. The van der Waals surface area contributed by atoms with Gasteiger partial charge in [-0.15, -0.1) is 0 Å². The number of benzene rings is 1. The van der Waals surface area contributed by atoms with Crippen molar-refractivity contribution in [3.8, 4) is 11.5 Å². The minimum atomic E-state index is -3.33. The molecule has 1 heterocycles. The Morgan fingerprint density at radius 2 is 1.71 bits per heavy atom. The Kier molecular flexibility index (Phi) is 11.9. The maximum atomic E-state index is 13.3. The van der Waals surface area contributed by atoms with Crippen molar-refractivity contribution in [1.82, 2.24) is 0 Å². The van der Waals surface area contributed by atoms with Crippen LogP contribution in [0.4, 0.5) is 0 Å². The normalized spacial score (nSPS) is 17.5. The number of ether oxygens (including phenoxy) is 4. The van der Waals surface area contributed by atoms with Gasteiger partial charge in [0.1, 0.15) is 11.5 Å². The lowest BCUT2D eigenvalue weighted by Crippen LogP contribution is -2.34. The van der Waals surface area contributed by atoms with Crippen LogP contribution in [0.15, 0.2) is 12.1 Å². The third-order valence-corrected chi connectivity index (χ3v) is 7.98. The molecule has 1 fully saturated rings. The smallest absolute Gasteiger partial charge is 0.335 e. The highest BCUT2D eigenvalue weighted by molar-refractivity contribution is 7.53. The lowest BCUT2D eigenvalue weighted by Gasteiger charge is -2.35. The van der Waals surface area contributed by atoms with Crippen LogP contribution in [-0.4, -0.2) is 40.1 Å². The summed E-state index contributed by atoms with van der Waals surface area (Å²) in [6.45, 7) is 14.6. The van der Waals surface area contributed by atoms with Crippen molar-refractivity contribution in [2.45, 2.75) is 79.7 Å². The second kappa shape index (κ2) is 13.8. The van der Waals surface area contributed by atoms with Gasteiger partial charge in [-0.05, 0) is 38.3 Å². The molecule has 1 aliphatic rings. The molecule has 196 valence electrons. The van der Waals surface area contributed by atoms with E-state index in [0.29, 0.717) is 50.5 Å². The van der Waals surface area contributed by atoms with E-state index in [2.05, 4.69) is 27.7 Å². The van der Waals surface area contributed by atoms with E-state index in [9.17, 15) is 4.57 Å². The first-order valence-corrected chi connectivity index (χ1v) is 14.4. The van der Waals surface area contributed by atoms with Gasteiger partial charge in [-0.2, -0.15) is 0 Å². The summed E-state index contributed by atoms with van der Waals surface area (Å²) in [6.07, 6.45) is 4.04. The molecule has 0 spiro atoms. The summed E-state index contributed by atoms with van der Waals surface area (Å²) in [5, 5.41) is 0. The highest BCUT2D eigenvalue weighted by atomic mass is 31.2. The predicted molar refractivity (Wildman–Crippen MR) is 135 cm³/mol. The molecular formula is C26H45O7P. The summed E-state index contributed by atoms with van der Waals surface area (Å²) >= 11 is 0. The quantitative estimate of drug-likeness (QED) is 0.237. The Morgan fingerprint density at radius 1 is 1.06 bits per heavy atom. The minimum absolute atomic E-state index is 0.0434. The van der Waals surface area contributed by atoms with Crippen LogP contribution in [0.2, 0.25) is 0 Å². The predicted octanol–water partition coefficient (Wildman–Crippen LogP) is 7.13. The van der Waals surface area contributed by atoms with Crippen molar-refractivity contribution < 1.29 is 32.6 Å². The minimum Gasteiger partial charge on any atom is -0.496 e. The monoisotopic (exact) mass is 500 g/mol. The Hall–Kier alpha value is -1.11. The second-order valence-electron chi connectivity index (χ2n) is 9.65. The van der Waals surface area contributed by atoms with Crippen LogP contribution < -0.4 is 9.47 Å². The Labute approximate surface area is 206 Å². The number of hydrogen-bond donors (Lipinski definition) is 0. The Morgan fingerprint density at radius 3 is 2.24 bits per heavy atom. The van der Waals surface area contributed by atoms with Crippen LogP contribution in [0, 0.1) is 11.3 Å². The van der Waals surface area contributed by atoms with E-state index in [1.807, 2.05) is 26.0 Å². The van der Waals surface area contributed by atoms with E-state index in [1.165, 1.54) is 6.42 Å². The SMILES string of the molecule is CCCCC(CC)COc1cc(C2OCC(C)(C)CO2)c(OC)cc1CP(=O)(OCC)OCC. The zero-order chi connectivity index (χ0) is 25.2. The molecule has 1 aromatic carbocycles. The molecule has 0 aromatic heterocycles. The summed E-state index contributed by atoms with van der Waals surface area (Å²) in [6, 6.07) is 3.76. The van der Waals surface area contributed by atoms with E-state index in [1.54, 1.807) is 7.11 Å². The van der Waals surface area contributed by atoms with Crippen LogP contribution in [0.3, 0.4) is 0 Å². The highest BCUT2D eigenvalue weighted by Crippen LogP contribution is 2.53. The maximum absolute atomic E-state index is 13.3. The van der Waals surface area contributed by atoms with E-state index >= 15 is 0 Å².